The van der Waals surface area contributed by atoms with Crippen molar-refractivity contribution in [3.05, 3.63) is 18.2 Å². The highest BCUT2D eigenvalue weighted by Gasteiger charge is 2.05. The average molecular weight is 181 g/mol. The topological polar surface area (TPSA) is 40.7 Å². The van der Waals surface area contributed by atoms with Crippen molar-refractivity contribution < 1.29 is 0 Å². The van der Waals surface area contributed by atoms with E-state index in [2.05, 4.69) is 36.1 Å². The molecule has 0 aliphatic heterocycles. The molecule has 1 rings (SSSR count). The van der Waals surface area contributed by atoms with Crippen molar-refractivity contribution in [2.45, 2.75) is 27.3 Å². The van der Waals surface area contributed by atoms with Crippen LogP contribution in [-0.4, -0.2) is 16.5 Å². The fourth-order valence-corrected chi connectivity index (χ4v) is 1.05. The van der Waals surface area contributed by atoms with Crippen LogP contribution in [0.1, 0.15) is 26.6 Å². The van der Waals surface area contributed by atoms with Crippen molar-refractivity contribution in [2.75, 3.05) is 6.54 Å². The van der Waals surface area contributed by atoms with Crippen molar-refractivity contribution in [1.29, 1.82) is 0 Å². The zero-order valence-corrected chi connectivity index (χ0v) is 8.67. The Kier molecular flexibility index (Phi) is 3.96. The maximum Gasteiger partial charge on any atom is 0.120 e. The minimum absolute atomic E-state index is 0.718. The van der Waals surface area contributed by atoms with Crippen LogP contribution in [0, 0.1) is 11.8 Å². The van der Waals surface area contributed by atoms with Crippen molar-refractivity contribution >= 4 is 0 Å². The Hall–Kier alpha value is -0.830. The van der Waals surface area contributed by atoms with Gasteiger partial charge in [0.1, 0.15) is 5.82 Å². The molecule has 0 bridgehead atoms. The molecule has 0 saturated carbocycles. The third-order valence-corrected chi connectivity index (χ3v) is 2.45. The van der Waals surface area contributed by atoms with Crippen LogP contribution in [-0.2, 0) is 6.54 Å². The molecule has 74 valence electrons. The first-order valence-electron chi connectivity index (χ1n) is 4.89. The van der Waals surface area contributed by atoms with E-state index in [0.717, 1.165) is 30.7 Å². The van der Waals surface area contributed by atoms with E-state index >= 15 is 0 Å². The van der Waals surface area contributed by atoms with Gasteiger partial charge in [0, 0.05) is 12.4 Å². The lowest BCUT2D eigenvalue weighted by molar-refractivity contribution is 0.391. The van der Waals surface area contributed by atoms with Gasteiger partial charge in [0.15, 0.2) is 0 Å². The Balaban J connectivity index is 2.14. The van der Waals surface area contributed by atoms with Gasteiger partial charge in [0.05, 0.1) is 6.54 Å². The summed E-state index contributed by atoms with van der Waals surface area (Å²) in [6, 6.07) is 0. The highest BCUT2D eigenvalue weighted by Crippen LogP contribution is 2.07. The van der Waals surface area contributed by atoms with Gasteiger partial charge < -0.3 is 10.3 Å². The lowest BCUT2D eigenvalue weighted by Gasteiger charge is -2.15. The van der Waals surface area contributed by atoms with E-state index in [9.17, 15) is 0 Å². The fourth-order valence-electron chi connectivity index (χ4n) is 1.05. The van der Waals surface area contributed by atoms with Gasteiger partial charge in [-0.25, -0.2) is 4.98 Å². The molecular formula is C10H19N3. The molecule has 1 heterocycles. The monoisotopic (exact) mass is 181 g/mol. The Bertz CT molecular complexity index is 216. The van der Waals surface area contributed by atoms with Crippen molar-refractivity contribution in [3.63, 3.8) is 0 Å². The predicted molar refractivity (Wildman–Crippen MR) is 54.3 cm³/mol. The first kappa shape index (κ1) is 10.3. The van der Waals surface area contributed by atoms with E-state index in [-0.39, 0.29) is 0 Å². The van der Waals surface area contributed by atoms with Gasteiger partial charge in [-0.15, -0.1) is 0 Å². The molecule has 0 saturated heterocycles. The Labute approximate surface area is 80.0 Å². The third-order valence-electron chi connectivity index (χ3n) is 2.45. The molecule has 13 heavy (non-hydrogen) atoms. The number of imidazole rings is 1. The van der Waals surface area contributed by atoms with E-state index in [1.54, 1.807) is 6.20 Å². The Morgan fingerprint density at radius 2 is 2.23 bits per heavy atom. The van der Waals surface area contributed by atoms with Gasteiger partial charge in [-0.1, -0.05) is 20.8 Å². The summed E-state index contributed by atoms with van der Waals surface area (Å²) in [5, 5.41) is 3.38. The summed E-state index contributed by atoms with van der Waals surface area (Å²) in [7, 11) is 0. The van der Waals surface area contributed by atoms with Gasteiger partial charge in [-0.3, -0.25) is 0 Å². The molecule has 1 atom stereocenters. The minimum Gasteiger partial charge on any atom is -0.348 e. The van der Waals surface area contributed by atoms with Crippen LogP contribution in [0.3, 0.4) is 0 Å². The molecule has 0 radical (unpaired) electrons. The molecule has 0 fully saturated rings. The van der Waals surface area contributed by atoms with Gasteiger partial charge in [-0.05, 0) is 18.4 Å². The van der Waals surface area contributed by atoms with Gasteiger partial charge in [-0.2, -0.15) is 0 Å². The molecule has 0 unspecified atom stereocenters. The molecule has 1 aromatic rings. The molecule has 3 heteroatoms. The largest absolute Gasteiger partial charge is 0.348 e. The highest BCUT2D eigenvalue weighted by atomic mass is 15.0. The summed E-state index contributed by atoms with van der Waals surface area (Å²) in [5.41, 5.74) is 0. The maximum absolute atomic E-state index is 4.14. The molecule has 0 aliphatic carbocycles. The van der Waals surface area contributed by atoms with Crippen LogP contribution < -0.4 is 5.32 Å². The number of nitrogens with one attached hydrogen (secondary N) is 2. The van der Waals surface area contributed by atoms with Crippen LogP contribution in [0.2, 0.25) is 0 Å². The second kappa shape index (κ2) is 5.02. The SMILES string of the molecule is CC(C)[C@H](C)CNCc1ncc[nH]1. The van der Waals surface area contributed by atoms with E-state index < -0.39 is 0 Å². The first-order valence-corrected chi connectivity index (χ1v) is 4.89. The van der Waals surface area contributed by atoms with E-state index in [1.807, 2.05) is 6.20 Å². The lowest BCUT2D eigenvalue weighted by Crippen LogP contribution is -2.24. The zero-order chi connectivity index (χ0) is 9.68. The molecule has 1 aromatic heterocycles. The molecule has 0 spiro atoms. The maximum atomic E-state index is 4.14. The fraction of sp³-hybridized carbons (Fsp3) is 0.700. The lowest BCUT2D eigenvalue weighted by atomic mass is 9.98. The van der Waals surface area contributed by atoms with Crippen LogP contribution in [0.15, 0.2) is 12.4 Å². The second-order valence-electron chi connectivity index (χ2n) is 3.89. The average Bonchev–Trinajstić information content (AvgIpc) is 2.56. The molecule has 0 aliphatic rings. The smallest absolute Gasteiger partial charge is 0.120 e. The molecule has 2 N–H and O–H groups in total. The van der Waals surface area contributed by atoms with Crippen LogP contribution in [0.5, 0.6) is 0 Å². The predicted octanol–water partition coefficient (Wildman–Crippen LogP) is 1.79. The quantitative estimate of drug-likeness (QED) is 0.727. The number of aromatic amines is 1. The van der Waals surface area contributed by atoms with Gasteiger partial charge >= 0.3 is 0 Å². The van der Waals surface area contributed by atoms with Crippen LogP contribution >= 0.6 is 0 Å². The Morgan fingerprint density at radius 1 is 1.46 bits per heavy atom. The van der Waals surface area contributed by atoms with Crippen molar-refractivity contribution in [2.24, 2.45) is 11.8 Å². The van der Waals surface area contributed by atoms with Gasteiger partial charge in [0.25, 0.3) is 0 Å². The van der Waals surface area contributed by atoms with Gasteiger partial charge in [0.2, 0.25) is 0 Å². The number of H-pyrrole nitrogens is 1. The summed E-state index contributed by atoms with van der Waals surface area (Å²) in [5.74, 6) is 2.47. The van der Waals surface area contributed by atoms with E-state index in [4.69, 9.17) is 0 Å². The number of nitrogens with zero attached hydrogens (tertiary/aromatic N) is 1. The standard InChI is InChI=1S/C10H19N3/c1-8(2)9(3)6-11-7-10-12-4-5-13-10/h4-5,8-9,11H,6-7H2,1-3H3,(H,12,13)/t9-/m1/s1. The molecule has 0 amide bonds. The molecule has 3 nitrogen and oxygen atoms in total. The first-order chi connectivity index (χ1) is 6.20. The number of aromatic nitrogens is 2. The third kappa shape index (κ3) is 3.59. The summed E-state index contributed by atoms with van der Waals surface area (Å²) in [4.78, 5) is 7.21. The Morgan fingerprint density at radius 3 is 2.77 bits per heavy atom. The summed E-state index contributed by atoms with van der Waals surface area (Å²) in [6.45, 7) is 8.65. The van der Waals surface area contributed by atoms with Crippen molar-refractivity contribution in [1.82, 2.24) is 15.3 Å². The normalized spacial score (nSPS) is 13.5. The number of rotatable bonds is 5. The van der Waals surface area contributed by atoms with E-state index in [1.165, 1.54) is 0 Å². The van der Waals surface area contributed by atoms with E-state index in [0.29, 0.717) is 0 Å². The highest BCUT2D eigenvalue weighted by molar-refractivity contribution is 4.85. The second-order valence-corrected chi connectivity index (χ2v) is 3.89. The minimum atomic E-state index is 0.718. The summed E-state index contributed by atoms with van der Waals surface area (Å²) in [6.07, 6.45) is 3.63. The van der Waals surface area contributed by atoms with Crippen LogP contribution in [0.25, 0.3) is 0 Å². The summed E-state index contributed by atoms with van der Waals surface area (Å²) >= 11 is 0. The zero-order valence-electron chi connectivity index (χ0n) is 8.67. The molecular weight excluding hydrogens is 162 g/mol. The molecule has 0 aromatic carbocycles. The van der Waals surface area contributed by atoms with Crippen molar-refractivity contribution in [3.8, 4) is 0 Å². The summed E-state index contributed by atoms with van der Waals surface area (Å²) < 4.78 is 0. The van der Waals surface area contributed by atoms with Crippen LogP contribution in [0.4, 0.5) is 0 Å². The number of hydrogen-bond acceptors (Lipinski definition) is 2. The number of hydrogen-bond donors (Lipinski definition) is 2.